The van der Waals surface area contributed by atoms with Crippen molar-refractivity contribution < 1.29 is 4.74 Å². The highest BCUT2D eigenvalue weighted by Gasteiger charge is 2.13. The highest BCUT2D eigenvalue weighted by atomic mass is 79.9. The molecule has 0 aliphatic rings. The van der Waals surface area contributed by atoms with Crippen LogP contribution in [-0.4, -0.2) is 15.0 Å². The molecule has 23 heavy (non-hydrogen) atoms. The molecular weight excluding hydrogens is 422 g/mol. The van der Waals surface area contributed by atoms with E-state index in [1.807, 2.05) is 42.5 Å². The molecule has 0 unspecified atom stereocenters. The number of hydrogen-bond donors (Lipinski definition) is 1. The van der Waals surface area contributed by atoms with Gasteiger partial charge in [0.05, 0.1) is 15.5 Å². The summed E-state index contributed by atoms with van der Waals surface area (Å²) >= 11 is 7.11. The van der Waals surface area contributed by atoms with E-state index in [4.69, 9.17) is 4.74 Å². The molecule has 4 rings (SSSR count). The molecule has 4 aromatic rings. The van der Waals surface area contributed by atoms with E-state index in [2.05, 4.69) is 46.8 Å². The van der Waals surface area contributed by atoms with Gasteiger partial charge in [0.15, 0.2) is 5.75 Å². The number of benzene rings is 2. The molecule has 0 aliphatic carbocycles. The maximum atomic E-state index is 6.00. The van der Waals surface area contributed by atoms with Gasteiger partial charge < -0.3 is 9.72 Å². The number of pyridine rings is 1. The Bertz CT molecular complexity index is 980. The molecule has 0 bridgehead atoms. The average Bonchev–Trinajstić information content (AvgIpc) is 2.97. The molecule has 0 saturated heterocycles. The summed E-state index contributed by atoms with van der Waals surface area (Å²) in [5.41, 5.74) is 2.75. The van der Waals surface area contributed by atoms with Crippen LogP contribution in [0.25, 0.3) is 21.9 Å². The van der Waals surface area contributed by atoms with Gasteiger partial charge in [0.25, 0.3) is 0 Å². The van der Waals surface area contributed by atoms with Crippen LogP contribution in [0.4, 0.5) is 0 Å². The molecule has 4 nitrogen and oxygen atoms in total. The summed E-state index contributed by atoms with van der Waals surface area (Å²) in [6.45, 7) is 0.348. The van der Waals surface area contributed by atoms with Gasteiger partial charge >= 0.3 is 0 Å². The van der Waals surface area contributed by atoms with Gasteiger partial charge in [-0.2, -0.15) is 0 Å². The Balaban J connectivity index is 1.70. The van der Waals surface area contributed by atoms with Crippen molar-refractivity contribution in [2.24, 2.45) is 0 Å². The number of para-hydroxylation sites is 2. The van der Waals surface area contributed by atoms with Crippen LogP contribution in [0.1, 0.15) is 5.82 Å². The highest BCUT2D eigenvalue weighted by molar-refractivity contribution is 9.11. The SMILES string of the molecule is Brc1cc(Br)c2cccnc2c1OCc1nc2ccccc2[nH]1. The topological polar surface area (TPSA) is 50.8 Å². The molecule has 114 valence electrons. The zero-order valence-electron chi connectivity index (χ0n) is 11.9. The summed E-state index contributed by atoms with van der Waals surface area (Å²) < 4.78 is 7.83. The molecule has 1 N–H and O–H groups in total. The molecule has 0 amide bonds. The minimum atomic E-state index is 0.348. The Morgan fingerprint density at radius 3 is 2.78 bits per heavy atom. The van der Waals surface area contributed by atoms with Crippen LogP contribution in [0.3, 0.4) is 0 Å². The maximum Gasteiger partial charge on any atom is 0.160 e. The van der Waals surface area contributed by atoms with Crippen molar-refractivity contribution in [3.05, 3.63) is 63.4 Å². The second-order valence-corrected chi connectivity index (χ2v) is 6.77. The number of nitrogens with one attached hydrogen (secondary N) is 1. The number of imidazole rings is 1. The minimum Gasteiger partial charge on any atom is -0.482 e. The molecule has 0 atom stereocenters. The summed E-state index contributed by atoms with van der Waals surface area (Å²) in [4.78, 5) is 12.2. The fraction of sp³-hybridized carbons (Fsp3) is 0.0588. The van der Waals surface area contributed by atoms with Gasteiger partial charge in [-0.3, -0.25) is 4.98 Å². The molecule has 0 radical (unpaired) electrons. The summed E-state index contributed by atoms with van der Waals surface area (Å²) in [5, 5.41) is 1.01. The normalized spacial score (nSPS) is 11.2. The summed E-state index contributed by atoms with van der Waals surface area (Å²) in [6, 6.07) is 13.8. The molecule has 2 aromatic carbocycles. The molecule has 6 heteroatoms. The molecule has 0 saturated carbocycles. The zero-order valence-corrected chi connectivity index (χ0v) is 15.1. The van der Waals surface area contributed by atoms with Gasteiger partial charge in [0, 0.05) is 16.1 Å². The van der Waals surface area contributed by atoms with Gasteiger partial charge in [-0.15, -0.1) is 0 Å². The number of aromatic nitrogens is 3. The van der Waals surface area contributed by atoms with E-state index >= 15 is 0 Å². The lowest BCUT2D eigenvalue weighted by molar-refractivity contribution is 0.299. The highest BCUT2D eigenvalue weighted by Crippen LogP contribution is 2.37. The summed E-state index contributed by atoms with van der Waals surface area (Å²) in [7, 11) is 0. The first-order valence-corrected chi connectivity index (χ1v) is 8.60. The quantitative estimate of drug-likeness (QED) is 0.483. The van der Waals surface area contributed by atoms with E-state index in [1.165, 1.54) is 0 Å². The number of ether oxygens (including phenoxy) is 1. The molecule has 0 spiro atoms. The van der Waals surface area contributed by atoms with Crippen LogP contribution >= 0.6 is 31.9 Å². The number of fused-ring (bicyclic) bond motifs is 2. The number of nitrogens with zero attached hydrogens (tertiary/aromatic N) is 2. The monoisotopic (exact) mass is 431 g/mol. The lowest BCUT2D eigenvalue weighted by Gasteiger charge is -2.11. The van der Waals surface area contributed by atoms with E-state index in [0.29, 0.717) is 12.4 Å². The largest absolute Gasteiger partial charge is 0.482 e. The first-order chi connectivity index (χ1) is 11.2. The fourth-order valence-electron chi connectivity index (χ4n) is 2.50. The van der Waals surface area contributed by atoms with Crippen molar-refractivity contribution >= 4 is 53.8 Å². The smallest absolute Gasteiger partial charge is 0.160 e. The van der Waals surface area contributed by atoms with Gasteiger partial charge in [-0.25, -0.2) is 4.98 Å². The molecular formula is C17H11Br2N3O. The lowest BCUT2D eigenvalue weighted by Crippen LogP contribution is -1.99. The van der Waals surface area contributed by atoms with E-state index in [1.54, 1.807) is 6.20 Å². The number of H-pyrrole nitrogens is 1. The number of hydrogen-bond acceptors (Lipinski definition) is 3. The Kier molecular flexibility index (Phi) is 3.79. The number of rotatable bonds is 3. The second-order valence-electron chi connectivity index (χ2n) is 5.06. The molecule has 0 fully saturated rings. The van der Waals surface area contributed by atoms with E-state index < -0.39 is 0 Å². The third-order valence-electron chi connectivity index (χ3n) is 3.54. The maximum absolute atomic E-state index is 6.00. The van der Waals surface area contributed by atoms with E-state index in [9.17, 15) is 0 Å². The molecule has 0 aliphatic heterocycles. The molecule has 2 aromatic heterocycles. The van der Waals surface area contributed by atoms with Crippen molar-refractivity contribution in [3.8, 4) is 5.75 Å². The van der Waals surface area contributed by atoms with Crippen LogP contribution in [-0.2, 0) is 6.61 Å². The van der Waals surface area contributed by atoms with Crippen molar-refractivity contribution in [1.82, 2.24) is 15.0 Å². The van der Waals surface area contributed by atoms with Crippen molar-refractivity contribution in [2.75, 3.05) is 0 Å². The number of halogens is 2. The van der Waals surface area contributed by atoms with Gasteiger partial charge in [0.2, 0.25) is 0 Å². The van der Waals surface area contributed by atoms with Gasteiger partial charge in [-0.05, 0) is 40.2 Å². The predicted molar refractivity (Wildman–Crippen MR) is 97.6 cm³/mol. The van der Waals surface area contributed by atoms with Crippen LogP contribution in [0.2, 0.25) is 0 Å². The third-order valence-corrected chi connectivity index (χ3v) is 4.79. The minimum absolute atomic E-state index is 0.348. The Hall–Kier alpha value is -1.92. The Morgan fingerprint density at radius 1 is 1.04 bits per heavy atom. The van der Waals surface area contributed by atoms with Crippen molar-refractivity contribution in [1.29, 1.82) is 0 Å². The lowest BCUT2D eigenvalue weighted by atomic mass is 10.2. The van der Waals surface area contributed by atoms with Crippen molar-refractivity contribution in [3.63, 3.8) is 0 Å². The van der Waals surface area contributed by atoms with Gasteiger partial charge in [0.1, 0.15) is 17.9 Å². The van der Waals surface area contributed by atoms with E-state index in [0.717, 1.165) is 36.7 Å². The fourth-order valence-corrected chi connectivity index (χ4v) is 3.89. The predicted octanol–water partition coefficient (Wildman–Crippen LogP) is 5.22. The van der Waals surface area contributed by atoms with Gasteiger partial charge in [-0.1, -0.05) is 34.1 Å². The van der Waals surface area contributed by atoms with Crippen LogP contribution < -0.4 is 4.74 Å². The Labute approximate surface area is 149 Å². The van der Waals surface area contributed by atoms with Crippen LogP contribution in [0, 0.1) is 0 Å². The first kappa shape index (κ1) is 14.7. The Morgan fingerprint density at radius 2 is 1.91 bits per heavy atom. The number of aromatic amines is 1. The van der Waals surface area contributed by atoms with Crippen LogP contribution in [0.5, 0.6) is 5.75 Å². The van der Waals surface area contributed by atoms with E-state index in [-0.39, 0.29) is 0 Å². The standard InChI is InChI=1S/C17H11Br2N3O/c18-11-8-12(19)17(16-10(11)4-3-7-20-16)23-9-15-21-13-5-1-2-6-14(13)22-15/h1-8H,9H2,(H,21,22). The second kappa shape index (κ2) is 5.94. The molecule has 2 heterocycles. The summed E-state index contributed by atoms with van der Waals surface area (Å²) in [6.07, 6.45) is 1.76. The van der Waals surface area contributed by atoms with Crippen LogP contribution in [0.15, 0.2) is 57.6 Å². The third kappa shape index (κ3) is 2.72. The zero-order chi connectivity index (χ0) is 15.8. The average molecular weight is 433 g/mol. The summed E-state index contributed by atoms with van der Waals surface area (Å²) in [5.74, 6) is 1.49. The van der Waals surface area contributed by atoms with Crippen molar-refractivity contribution in [2.45, 2.75) is 6.61 Å². The first-order valence-electron chi connectivity index (χ1n) is 7.01.